The highest BCUT2D eigenvalue weighted by Gasteiger charge is 2.33. The number of thiazole rings is 1. The lowest BCUT2D eigenvalue weighted by molar-refractivity contribution is -0.140. The lowest BCUT2D eigenvalue weighted by atomic mass is 10.2. The van der Waals surface area contributed by atoms with Crippen molar-refractivity contribution in [1.82, 2.24) is 15.2 Å². The summed E-state index contributed by atoms with van der Waals surface area (Å²) >= 11 is 0.988. The van der Waals surface area contributed by atoms with E-state index in [1.165, 1.54) is 12.1 Å². The predicted molar refractivity (Wildman–Crippen MR) is 105 cm³/mol. The Balaban J connectivity index is 0.00000338. The molecule has 1 aromatic carbocycles. The van der Waals surface area contributed by atoms with Gasteiger partial charge in [-0.15, -0.1) is 35.3 Å². The van der Waals surface area contributed by atoms with E-state index in [0.29, 0.717) is 30.5 Å². The van der Waals surface area contributed by atoms with Gasteiger partial charge in [-0.2, -0.15) is 13.2 Å². The molecular weight excluding hydrogens is 483 g/mol. The van der Waals surface area contributed by atoms with Crippen LogP contribution >= 0.6 is 35.3 Å². The average Bonchev–Trinajstić information content (AvgIpc) is 3.03. The normalized spacial score (nSPS) is 11.8. The maximum absolute atomic E-state index is 12.9. The Morgan fingerprint density at radius 3 is 2.46 bits per heavy atom. The number of rotatable bonds is 5. The van der Waals surface area contributed by atoms with E-state index in [1.807, 2.05) is 11.9 Å². The largest absolute Gasteiger partial charge is 0.434 e. The SMILES string of the molecule is CN=C(NCCc1nc(C(F)(F)F)cs1)N(C)Cc1ccc(F)cc1.I. The molecule has 1 heterocycles. The van der Waals surface area contributed by atoms with Crippen LogP contribution in [0.2, 0.25) is 0 Å². The highest BCUT2D eigenvalue weighted by molar-refractivity contribution is 14.0. The quantitative estimate of drug-likeness (QED) is 0.289. The molecule has 26 heavy (non-hydrogen) atoms. The molecule has 0 aliphatic heterocycles. The van der Waals surface area contributed by atoms with Crippen LogP contribution in [0.25, 0.3) is 0 Å². The first kappa shape index (κ1) is 22.6. The van der Waals surface area contributed by atoms with E-state index in [2.05, 4.69) is 15.3 Å². The predicted octanol–water partition coefficient (Wildman–Crippen LogP) is 4.17. The van der Waals surface area contributed by atoms with Crippen LogP contribution in [-0.2, 0) is 19.1 Å². The van der Waals surface area contributed by atoms with Crippen molar-refractivity contribution in [2.45, 2.75) is 19.1 Å². The molecule has 0 spiro atoms. The molecule has 144 valence electrons. The molecule has 0 atom stereocenters. The number of hydrogen-bond acceptors (Lipinski definition) is 3. The Morgan fingerprint density at radius 2 is 1.92 bits per heavy atom. The van der Waals surface area contributed by atoms with E-state index in [-0.39, 0.29) is 29.8 Å². The van der Waals surface area contributed by atoms with Crippen LogP contribution in [-0.4, -0.2) is 36.5 Å². The summed E-state index contributed by atoms with van der Waals surface area (Å²) in [6.45, 7) is 0.931. The molecule has 0 fully saturated rings. The first-order valence-electron chi connectivity index (χ1n) is 7.47. The van der Waals surface area contributed by atoms with Crippen molar-refractivity contribution in [3.63, 3.8) is 0 Å². The van der Waals surface area contributed by atoms with Gasteiger partial charge in [0.05, 0.1) is 5.01 Å². The average molecular weight is 502 g/mol. The zero-order valence-electron chi connectivity index (χ0n) is 14.2. The van der Waals surface area contributed by atoms with Crippen molar-refractivity contribution in [1.29, 1.82) is 0 Å². The molecule has 0 amide bonds. The van der Waals surface area contributed by atoms with Crippen LogP contribution in [0.3, 0.4) is 0 Å². The van der Waals surface area contributed by atoms with Crippen LogP contribution in [0.15, 0.2) is 34.6 Å². The summed E-state index contributed by atoms with van der Waals surface area (Å²) in [4.78, 5) is 9.57. The molecule has 1 N–H and O–H groups in total. The van der Waals surface area contributed by atoms with Crippen LogP contribution in [0.5, 0.6) is 0 Å². The van der Waals surface area contributed by atoms with Crippen molar-refractivity contribution in [3.8, 4) is 0 Å². The van der Waals surface area contributed by atoms with Crippen molar-refractivity contribution in [3.05, 3.63) is 51.7 Å². The molecule has 0 radical (unpaired) electrons. The standard InChI is InChI=1S/C16H18F4N4S.HI/c1-21-15(24(2)9-11-3-5-12(17)6-4-11)22-8-7-14-23-13(10-25-14)16(18,19)20;/h3-6,10H,7-9H2,1-2H3,(H,21,22);1H. The molecule has 0 aliphatic carbocycles. The highest BCUT2D eigenvalue weighted by atomic mass is 127. The molecular formula is C16H19F4IN4S. The van der Waals surface area contributed by atoms with Crippen molar-refractivity contribution in [2.75, 3.05) is 20.6 Å². The molecule has 2 aromatic rings. The number of aliphatic imine (C=N–C) groups is 1. The zero-order chi connectivity index (χ0) is 18.4. The lowest BCUT2D eigenvalue weighted by Crippen LogP contribution is -2.39. The Labute approximate surface area is 170 Å². The van der Waals surface area contributed by atoms with Crippen LogP contribution in [0, 0.1) is 5.82 Å². The number of hydrogen-bond donors (Lipinski definition) is 1. The van der Waals surface area contributed by atoms with E-state index in [4.69, 9.17) is 0 Å². The van der Waals surface area contributed by atoms with E-state index in [0.717, 1.165) is 22.3 Å². The summed E-state index contributed by atoms with van der Waals surface area (Å²) in [6, 6.07) is 6.15. The smallest absolute Gasteiger partial charge is 0.356 e. The van der Waals surface area contributed by atoms with Gasteiger partial charge in [-0.25, -0.2) is 9.37 Å². The van der Waals surface area contributed by atoms with Gasteiger partial charge in [0.1, 0.15) is 5.82 Å². The number of nitrogens with zero attached hydrogens (tertiary/aromatic N) is 3. The summed E-state index contributed by atoms with van der Waals surface area (Å²) in [7, 11) is 3.44. The minimum absolute atomic E-state index is 0. The number of guanidine groups is 1. The molecule has 0 unspecified atom stereocenters. The van der Waals surface area contributed by atoms with Crippen LogP contribution < -0.4 is 5.32 Å². The summed E-state index contributed by atoms with van der Waals surface area (Å²) in [5.74, 6) is 0.299. The molecule has 0 saturated heterocycles. The van der Waals surface area contributed by atoms with Gasteiger partial charge >= 0.3 is 6.18 Å². The molecule has 0 aliphatic rings. The Morgan fingerprint density at radius 1 is 1.27 bits per heavy atom. The molecule has 0 bridgehead atoms. The van der Waals surface area contributed by atoms with Gasteiger partial charge in [0.25, 0.3) is 0 Å². The van der Waals surface area contributed by atoms with Crippen molar-refractivity contribution < 1.29 is 17.6 Å². The van der Waals surface area contributed by atoms with Gasteiger partial charge in [-0.3, -0.25) is 4.99 Å². The number of benzene rings is 1. The van der Waals surface area contributed by atoms with Gasteiger partial charge in [-0.1, -0.05) is 12.1 Å². The third kappa shape index (κ3) is 6.71. The summed E-state index contributed by atoms with van der Waals surface area (Å²) in [5.41, 5.74) is 0.0619. The van der Waals surface area contributed by atoms with Gasteiger partial charge in [0.2, 0.25) is 0 Å². The fourth-order valence-electron chi connectivity index (χ4n) is 2.16. The fourth-order valence-corrected chi connectivity index (χ4v) is 2.97. The number of halogens is 5. The molecule has 1 aromatic heterocycles. The minimum Gasteiger partial charge on any atom is -0.356 e. The highest BCUT2D eigenvalue weighted by Crippen LogP contribution is 2.29. The Kier molecular flexibility index (Phi) is 8.74. The molecule has 4 nitrogen and oxygen atoms in total. The number of nitrogens with one attached hydrogen (secondary N) is 1. The fraction of sp³-hybridized carbons (Fsp3) is 0.375. The van der Waals surface area contributed by atoms with E-state index < -0.39 is 11.9 Å². The van der Waals surface area contributed by atoms with Crippen LogP contribution in [0.4, 0.5) is 17.6 Å². The molecule has 0 saturated carbocycles. The van der Waals surface area contributed by atoms with Gasteiger partial charge in [0, 0.05) is 39.0 Å². The first-order valence-corrected chi connectivity index (χ1v) is 8.35. The topological polar surface area (TPSA) is 40.5 Å². The monoisotopic (exact) mass is 502 g/mol. The van der Waals surface area contributed by atoms with Crippen molar-refractivity contribution in [2.24, 2.45) is 4.99 Å². The lowest BCUT2D eigenvalue weighted by Gasteiger charge is -2.22. The van der Waals surface area contributed by atoms with Crippen molar-refractivity contribution >= 4 is 41.3 Å². The van der Waals surface area contributed by atoms with Gasteiger partial charge in [0.15, 0.2) is 11.7 Å². The maximum atomic E-state index is 12.9. The number of alkyl halides is 3. The van der Waals surface area contributed by atoms with E-state index in [1.54, 1.807) is 19.2 Å². The number of aromatic nitrogens is 1. The Hall–Kier alpha value is -1.43. The Bertz CT molecular complexity index is 716. The van der Waals surface area contributed by atoms with Gasteiger partial charge < -0.3 is 10.2 Å². The second-order valence-electron chi connectivity index (χ2n) is 5.33. The van der Waals surface area contributed by atoms with E-state index >= 15 is 0 Å². The van der Waals surface area contributed by atoms with E-state index in [9.17, 15) is 17.6 Å². The summed E-state index contributed by atoms with van der Waals surface area (Å²) < 4.78 is 50.5. The van der Waals surface area contributed by atoms with Gasteiger partial charge in [-0.05, 0) is 17.7 Å². The third-order valence-electron chi connectivity index (χ3n) is 3.37. The maximum Gasteiger partial charge on any atom is 0.434 e. The minimum atomic E-state index is -4.41. The first-order chi connectivity index (χ1) is 11.8. The van der Waals surface area contributed by atoms with Crippen LogP contribution in [0.1, 0.15) is 16.3 Å². The summed E-state index contributed by atoms with van der Waals surface area (Å²) in [6.07, 6.45) is -4.04. The third-order valence-corrected chi connectivity index (χ3v) is 4.28. The molecule has 10 heteroatoms. The summed E-state index contributed by atoms with van der Waals surface area (Å²) in [5, 5.41) is 4.52. The second kappa shape index (κ2) is 10.0. The molecule has 2 rings (SSSR count). The second-order valence-corrected chi connectivity index (χ2v) is 6.27. The zero-order valence-corrected chi connectivity index (χ0v) is 17.3.